The highest BCUT2D eigenvalue weighted by atomic mass is 16.2. The fourth-order valence-electron chi connectivity index (χ4n) is 4.96. The van der Waals surface area contributed by atoms with Crippen LogP contribution in [0, 0.1) is 11.3 Å². The van der Waals surface area contributed by atoms with Crippen LogP contribution in [0.4, 0.5) is 0 Å². The zero-order valence-corrected chi connectivity index (χ0v) is 16.0. The Bertz CT molecular complexity index is 597. The van der Waals surface area contributed by atoms with Gasteiger partial charge in [-0.05, 0) is 75.7 Å². The van der Waals surface area contributed by atoms with Gasteiger partial charge in [0.1, 0.15) is 0 Å². The summed E-state index contributed by atoms with van der Waals surface area (Å²) in [5, 5.41) is 3.43. The second-order valence-corrected chi connectivity index (χ2v) is 8.48. The molecular weight excluding hydrogens is 322 g/mol. The molecule has 1 amide bonds. The first kappa shape index (κ1) is 18.0. The van der Waals surface area contributed by atoms with E-state index in [-0.39, 0.29) is 0 Å². The van der Waals surface area contributed by atoms with Crippen molar-refractivity contribution in [3.63, 3.8) is 0 Å². The zero-order chi connectivity index (χ0) is 17.8. The minimum atomic E-state index is 0.328. The average molecular weight is 356 g/mol. The molecule has 3 aliphatic rings. The lowest BCUT2D eigenvalue weighted by atomic mass is 9.91. The number of carbonyl (C=O) groups excluding carboxylic acids is 1. The van der Waals surface area contributed by atoms with E-state index in [1.807, 2.05) is 0 Å². The van der Waals surface area contributed by atoms with Crippen LogP contribution in [0.3, 0.4) is 0 Å². The molecule has 0 radical (unpaired) electrons. The van der Waals surface area contributed by atoms with E-state index in [4.69, 9.17) is 0 Å². The molecule has 4 rings (SSSR count). The Hall–Kier alpha value is -1.39. The topological polar surface area (TPSA) is 35.6 Å². The van der Waals surface area contributed by atoms with E-state index >= 15 is 0 Å². The summed E-state index contributed by atoms with van der Waals surface area (Å²) in [6.45, 7) is 7.40. The van der Waals surface area contributed by atoms with E-state index in [9.17, 15) is 4.79 Å². The van der Waals surface area contributed by atoms with E-state index in [1.165, 1.54) is 24.8 Å². The molecule has 2 aliphatic heterocycles. The fourth-order valence-corrected chi connectivity index (χ4v) is 4.96. The first-order chi connectivity index (χ1) is 12.8. The summed E-state index contributed by atoms with van der Waals surface area (Å²) in [5.74, 6) is 0.785. The summed E-state index contributed by atoms with van der Waals surface area (Å²) in [6.07, 6.45) is 7.02. The molecule has 2 saturated heterocycles. The predicted octanol–water partition coefficient (Wildman–Crippen LogP) is 2.54. The third-order valence-electron chi connectivity index (χ3n) is 6.77. The van der Waals surface area contributed by atoms with Crippen LogP contribution in [0.15, 0.2) is 30.3 Å². The second-order valence-electron chi connectivity index (χ2n) is 8.48. The molecular formula is C22H33N3O. The van der Waals surface area contributed by atoms with Gasteiger partial charge in [-0.1, -0.05) is 30.3 Å². The third kappa shape index (κ3) is 4.12. The quantitative estimate of drug-likeness (QED) is 0.882. The summed E-state index contributed by atoms with van der Waals surface area (Å²) in [5.41, 5.74) is 1.80. The number of carbonyl (C=O) groups is 1. The van der Waals surface area contributed by atoms with Gasteiger partial charge in [-0.3, -0.25) is 4.79 Å². The largest absolute Gasteiger partial charge is 0.341 e. The van der Waals surface area contributed by atoms with Crippen molar-refractivity contribution in [3.8, 4) is 0 Å². The second kappa shape index (κ2) is 8.10. The zero-order valence-electron chi connectivity index (χ0n) is 16.0. The molecule has 26 heavy (non-hydrogen) atoms. The molecule has 1 atom stereocenters. The van der Waals surface area contributed by atoms with Crippen LogP contribution in [0.1, 0.15) is 37.7 Å². The van der Waals surface area contributed by atoms with Crippen LogP contribution in [-0.4, -0.2) is 61.5 Å². The Balaban J connectivity index is 1.21. The van der Waals surface area contributed by atoms with Gasteiger partial charge in [0.05, 0.1) is 0 Å². The molecule has 3 fully saturated rings. The van der Waals surface area contributed by atoms with E-state index in [1.54, 1.807) is 0 Å². The molecule has 1 spiro atoms. The highest BCUT2D eigenvalue weighted by molar-refractivity contribution is 5.82. The van der Waals surface area contributed by atoms with Crippen LogP contribution in [0.5, 0.6) is 0 Å². The van der Waals surface area contributed by atoms with Gasteiger partial charge in [-0.2, -0.15) is 0 Å². The van der Waals surface area contributed by atoms with Crippen molar-refractivity contribution < 1.29 is 4.79 Å². The lowest BCUT2D eigenvalue weighted by molar-refractivity contribution is -0.133. The molecule has 0 bridgehead atoms. The summed E-state index contributed by atoms with van der Waals surface area (Å²) < 4.78 is 0. The molecule has 4 heteroatoms. The van der Waals surface area contributed by atoms with Crippen molar-refractivity contribution in [1.29, 1.82) is 0 Å². The maximum atomic E-state index is 13.0. The molecule has 1 aliphatic carbocycles. The van der Waals surface area contributed by atoms with E-state index in [0.29, 0.717) is 17.2 Å². The predicted molar refractivity (Wildman–Crippen MR) is 105 cm³/mol. The van der Waals surface area contributed by atoms with Gasteiger partial charge >= 0.3 is 0 Å². The van der Waals surface area contributed by atoms with Crippen LogP contribution < -0.4 is 5.32 Å². The van der Waals surface area contributed by atoms with E-state index in [2.05, 4.69) is 45.4 Å². The summed E-state index contributed by atoms with van der Waals surface area (Å²) in [4.78, 5) is 17.7. The van der Waals surface area contributed by atoms with Gasteiger partial charge in [0, 0.05) is 25.6 Å². The maximum absolute atomic E-state index is 13.0. The molecule has 1 aromatic rings. The van der Waals surface area contributed by atoms with Gasteiger partial charge < -0.3 is 15.1 Å². The lowest BCUT2D eigenvalue weighted by Gasteiger charge is -2.26. The Morgan fingerprint density at radius 3 is 2.69 bits per heavy atom. The highest BCUT2D eigenvalue weighted by Gasteiger charge is 2.58. The monoisotopic (exact) mass is 355 g/mol. The Kier molecular flexibility index (Phi) is 5.60. The molecule has 1 aromatic carbocycles. The van der Waals surface area contributed by atoms with Crippen LogP contribution >= 0.6 is 0 Å². The normalized spacial score (nSPS) is 25.8. The summed E-state index contributed by atoms with van der Waals surface area (Å²) in [7, 11) is 0. The molecule has 0 aromatic heterocycles. The molecule has 0 unspecified atom stereocenters. The van der Waals surface area contributed by atoms with Crippen LogP contribution in [-0.2, 0) is 11.2 Å². The van der Waals surface area contributed by atoms with Crippen molar-refractivity contribution >= 4 is 5.91 Å². The smallest absolute Gasteiger partial charge is 0.226 e. The van der Waals surface area contributed by atoms with Crippen LogP contribution in [0.25, 0.3) is 0 Å². The molecule has 4 nitrogen and oxygen atoms in total. The minimum absolute atomic E-state index is 0.328. The average Bonchev–Trinajstić information content (AvgIpc) is 3.42. The first-order valence-electron chi connectivity index (χ1n) is 10.5. The minimum Gasteiger partial charge on any atom is -0.341 e. The van der Waals surface area contributed by atoms with E-state index in [0.717, 1.165) is 65.1 Å². The Morgan fingerprint density at radius 1 is 1.08 bits per heavy atom. The number of amides is 1. The highest BCUT2D eigenvalue weighted by Crippen LogP contribution is 2.59. The number of hydrogen-bond acceptors (Lipinski definition) is 3. The number of hydrogen-bond donors (Lipinski definition) is 1. The standard InChI is InChI=1S/C22H33N3O/c26-21(20-18-22(20)9-11-23-12-10-22)25-15-5-14-24(16-17-25)13-4-8-19-6-2-1-3-7-19/h1-3,6-7,20,23H,4-5,8-18H2/t20-/m1/s1. The van der Waals surface area contributed by atoms with Gasteiger partial charge in [-0.15, -0.1) is 0 Å². The number of nitrogens with zero attached hydrogens (tertiary/aromatic N) is 2. The first-order valence-corrected chi connectivity index (χ1v) is 10.5. The van der Waals surface area contributed by atoms with E-state index < -0.39 is 0 Å². The molecule has 142 valence electrons. The maximum Gasteiger partial charge on any atom is 0.226 e. The molecule has 2 heterocycles. The molecule has 1 saturated carbocycles. The third-order valence-corrected chi connectivity index (χ3v) is 6.77. The van der Waals surface area contributed by atoms with Gasteiger partial charge in [-0.25, -0.2) is 0 Å². The van der Waals surface area contributed by atoms with Crippen LogP contribution in [0.2, 0.25) is 0 Å². The Morgan fingerprint density at radius 2 is 1.88 bits per heavy atom. The van der Waals surface area contributed by atoms with Crippen molar-refractivity contribution in [2.45, 2.75) is 38.5 Å². The van der Waals surface area contributed by atoms with Gasteiger partial charge in [0.2, 0.25) is 5.91 Å². The van der Waals surface area contributed by atoms with Crippen molar-refractivity contribution in [2.75, 3.05) is 45.8 Å². The lowest BCUT2D eigenvalue weighted by Crippen LogP contribution is -2.38. The number of benzene rings is 1. The summed E-state index contributed by atoms with van der Waals surface area (Å²) in [6, 6.07) is 10.8. The van der Waals surface area contributed by atoms with Crippen molar-refractivity contribution in [1.82, 2.24) is 15.1 Å². The fraction of sp³-hybridized carbons (Fsp3) is 0.682. The van der Waals surface area contributed by atoms with Gasteiger partial charge in [0.25, 0.3) is 0 Å². The van der Waals surface area contributed by atoms with Crippen molar-refractivity contribution in [3.05, 3.63) is 35.9 Å². The van der Waals surface area contributed by atoms with Gasteiger partial charge in [0.15, 0.2) is 0 Å². The number of nitrogens with one attached hydrogen (secondary N) is 1. The number of aryl methyl sites for hydroxylation is 1. The number of piperidine rings is 1. The van der Waals surface area contributed by atoms with Crippen molar-refractivity contribution in [2.24, 2.45) is 11.3 Å². The SMILES string of the molecule is O=C([C@H]1CC12CCNCC2)N1CCCN(CCCc2ccccc2)CC1. The Labute approximate surface area is 157 Å². The summed E-state index contributed by atoms with van der Waals surface area (Å²) >= 11 is 0. The molecule has 1 N–H and O–H groups in total. The number of rotatable bonds is 5.